The third-order valence-corrected chi connectivity index (χ3v) is 3.63. The van der Waals surface area contributed by atoms with Crippen molar-refractivity contribution in [1.29, 1.82) is 0 Å². The molecule has 0 aliphatic carbocycles. The summed E-state index contributed by atoms with van der Waals surface area (Å²) in [4.78, 5) is 0. The van der Waals surface area contributed by atoms with Crippen LogP contribution in [0.1, 0.15) is 37.1 Å². The van der Waals surface area contributed by atoms with E-state index < -0.39 is 0 Å². The van der Waals surface area contributed by atoms with Crippen LogP contribution in [0.4, 0.5) is 0 Å². The highest BCUT2D eigenvalue weighted by Gasteiger charge is 2.05. The summed E-state index contributed by atoms with van der Waals surface area (Å²) in [5.74, 6) is 0. The smallest absolute Gasteiger partial charge is 0.0292 e. The van der Waals surface area contributed by atoms with Crippen LogP contribution in [-0.2, 0) is 0 Å². The van der Waals surface area contributed by atoms with Crippen molar-refractivity contribution in [1.82, 2.24) is 10.6 Å². The summed E-state index contributed by atoms with van der Waals surface area (Å²) >= 11 is 0. The molecular weight excluding hydrogens is 315 g/mol. The topological polar surface area (TPSA) is 24.1 Å². The van der Waals surface area contributed by atoms with Gasteiger partial charge in [-0.2, -0.15) is 0 Å². The lowest BCUT2D eigenvalue weighted by Gasteiger charge is -2.17. The number of rotatable bonds is 7. The van der Waals surface area contributed by atoms with Gasteiger partial charge in [0.2, 0.25) is 0 Å². The molecule has 0 amide bonds. The fraction of sp³-hybridized carbons (Fsp3) is 0.333. The van der Waals surface area contributed by atoms with Crippen LogP contribution in [-0.4, -0.2) is 13.1 Å². The number of hydrogen-bond acceptors (Lipinski definition) is 2. The number of halogens is 2. The third-order valence-electron chi connectivity index (χ3n) is 3.63. The molecular formula is C18H26Cl2N2. The van der Waals surface area contributed by atoms with E-state index in [9.17, 15) is 0 Å². The van der Waals surface area contributed by atoms with E-state index in [2.05, 4.69) is 85.1 Å². The van der Waals surface area contributed by atoms with Gasteiger partial charge in [-0.15, -0.1) is 24.8 Å². The van der Waals surface area contributed by atoms with Gasteiger partial charge in [0, 0.05) is 25.2 Å². The number of benzene rings is 2. The molecule has 0 heterocycles. The Balaban J connectivity index is 0.00000220. The highest BCUT2D eigenvalue weighted by atomic mass is 35.5. The van der Waals surface area contributed by atoms with Crippen molar-refractivity contribution in [2.24, 2.45) is 0 Å². The molecule has 2 N–H and O–H groups in total. The zero-order valence-corrected chi connectivity index (χ0v) is 14.8. The van der Waals surface area contributed by atoms with E-state index in [1.54, 1.807) is 0 Å². The summed E-state index contributed by atoms with van der Waals surface area (Å²) in [5.41, 5.74) is 2.67. The molecule has 4 heteroatoms. The molecule has 0 aliphatic heterocycles. The van der Waals surface area contributed by atoms with Gasteiger partial charge < -0.3 is 10.6 Å². The van der Waals surface area contributed by atoms with Crippen molar-refractivity contribution in [3.05, 3.63) is 71.8 Å². The van der Waals surface area contributed by atoms with Crippen LogP contribution in [0.5, 0.6) is 0 Å². The van der Waals surface area contributed by atoms with Gasteiger partial charge in [0.15, 0.2) is 0 Å². The summed E-state index contributed by atoms with van der Waals surface area (Å²) in [6.07, 6.45) is 0. The van der Waals surface area contributed by atoms with Crippen LogP contribution in [0.2, 0.25) is 0 Å². The Morgan fingerprint density at radius 2 is 0.955 bits per heavy atom. The van der Waals surface area contributed by atoms with Crippen molar-refractivity contribution in [2.45, 2.75) is 25.9 Å². The van der Waals surface area contributed by atoms with E-state index in [-0.39, 0.29) is 24.8 Å². The molecule has 2 aromatic carbocycles. The second-order valence-corrected chi connectivity index (χ2v) is 5.17. The molecule has 0 fully saturated rings. The fourth-order valence-electron chi connectivity index (χ4n) is 2.30. The quantitative estimate of drug-likeness (QED) is 0.723. The lowest BCUT2D eigenvalue weighted by atomic mass is 10.1. The van der Waals surface area contributed by atoms with Gasteiger partial charge >= 0.3 is 0 Å². The van der Waals surface area contributed by atoms with Gasteiger partial charge in [-0.25, -0.2) is 0 Å². The van der Waals surface area contributed by atoms with Crippen LogP contribution in [0.15, 0.2) is 60.7 Å². The van der Waals surface area contributed by atoms with Gasteiger partial charge in [-0.05, 0) is 25.0 Å². The molecule has 0 saturated carbocycles. The number of nitrogens with one attached hydrogen (secondary N) is 2. The molecule has 22 heavy (non-hydrogen) atoms. The van der Waals surface area contributed by atoms with Gasteiger partial charge in [0.25, 0.3) is 0 Å². The average Bonchev–Trinajstić information content (AvgIpc) is 2.53. The normalized spacial score (nSPS) is 12.6. The summed E-state index contributed by atoms with van der Waals surface area (Å²) in [6, 6.07) is 21.9. The maximum absolute atomic E-state index is 3.54. The zero-order valence-electron chi connectivity index (χ0n) is 13.2. The van der Waals surface area contributed by atoms with Crippen LogP contribution in [0.25, 0.3) is 0 Å². The molecule has 0 aromatic heterocycles. The molecule has 0 bridgehead atoms. The molecule has 0 radical (unpaired) electrons. The summed E-state index contributed by atoms with van der Waals surface area (Å²) in [6.45, 7) is 6.34. The lowest BCUT2D eigenvalue weighted by molar-refractivity contribution is 0.512. The summed E-state index contributed by atoms with van der Waals surface area (Å²) in [7, 11) is 0. The molecule has 0 spiro atoms. The van der Waals surface area contributed by atoms with Crippen molar-refractivity contribution in [3.63, 3.8) is 0 Å². The summed E-state index contributed by atoms with van der Waals surface area (Å²) in [5, 5.41) is 7.09. The van der Waals surface area contributed by atoms with Gasteiger partial charge in [-0.1, -0.05) is 60.7 Å². The minimum absolute atomic E-state index is 0. The minimum atomic E-state index is 0. The van der Waals surface area contributed by atoms with E-state index in [0.717, 1.165) is 13.1 Å². The first-order valence-corrected chi connectivity index (χ1v) is 7.34. The van der Waals surface area contributed by atoms with E-state index in [1.165, 1.54) is 11.1 Å². The number of hydrogen-bond donors (Lipinski definition) is 2. The average molecular weight is 341 g/mol. The van der Waals surface area contributed by atoms with Crippen LogP contribution in [0, 0.1) is 0 Å². The first-order chi connectivity index (χ1) is 9.77. The lowest BCUT2D eigenvalue weighted by Crippen LogP contribution is -2.30. The minimum Gasteiger partial charge on any atom is -0.309 e. The molecule has 2 aromatic rings. The Labute approximate surface area is 146 Å². The van der Waals surface area contributed by atoms with Gasteiger partial charge in [-0.3, -0.25) is 0 Å². The molecule has 0 aliphatic rings. The van der Waals surface area contributed by atoms with Crippen molar-refractivity contribution in [3.8, 4) is 0 Å². The van der Waals surface area contributed by atoms with Gasteiger partial charge in [0.1, 0.15) is 0 Å². The van der Waals surface area contributed by atoms with E-state index in [0.29, 0.717) is 12.1 Å². The predicted octanol–water partition coefficient (Wildman–Crippen LogP) is 4.53. The molecule has 2 nitrogen and oxygen atoms in total. The highest BCUT2D eigenvalue weighted by molar-refractivity contribution is 5.85. The van der Waals surface area contributed by atoms with E-state index in [1.807, 2.05) is 0 Å². The standard InChI is InChI=1S/C18H24N2.2ClH/c1-15(17-9-5-3-6-10-17)19-13-14-20-16(2)18-11-7-4-8-12-18;;/h3-12,15-16,19-20H,13-14H2,1-2H3;2*1H. The second-order valence-electron chi connectivity index (χ2n) is 5.17. The zero-order chi connectivity index (χ0) is 14.2. The molecule has 2 rings (SSSR count). The predicted molar refractivity (Wildman–Crippen MR) is 100 cm³/mol. The van der Waals surface area contributed by atoms with Crippen molar-refractivity contribution >= 4 is 24.8 Å². The first kappa shape index (κ1) is 20.9. The fourth-order valence-corrected chi connectivity index (χ4v) is 2.30. The Hall–Kier alpha value is -1.06. The maximum Gasteiger partial charge on any atom is 0.0292 e. The monoisotopic (exact) mass is 340 g/mol. The molecule has 2 unspecified atom stereocenters. The highest BCUT2D eigenvalue weighted by Crippen LogP contribution is 2.11. The Morgan fingerprint density at radius 3 is 1.27 bits per heavy atom. The Kier molecular flexibility index (Phi) is 10.9. The second kappa shape index (κ2) is 11.5. The molecule has 0 saturated heterocycles. The Bertz CT molecular complexity index is 443. The van der Waals surface area contributed by atoms with Crippen LogP contribution < -0.4 is 10.6 Å². The maximum atomic E-state index is 3.54. The molecule has 122 valence electrons. The third kappa shape index (κ3) is 6.80. The van der Waals surface area contributed by atoms with Crippen molar-refractivity contribution in [2.75, 3.05) is 13.1 Å². The van der Waals surface area contributed by atoms with E-state index in [4.69, 9.17) is 0 Å². The van der Waals surface area contributed by atoms with Crippen molar-refractivity contribution < 1.29 is 0 Å². The SMILES string of the molecule is CC(NCCNC(C)c1ccccc1)c1ccccc1.Cl.Cl. The Morgan fingerprint density at radius 1 is 0.636 bits per heavy atom. The van der Waals surface area contributed by atoms with Gasteiger partial charge in [0.05, 0.1) is 0 Å². The van der Waals surface area contributed by atoms with Crippen LogP contribution >= 0.6 is 24.8 Å². The summed E-state index contributed by atoms with van der Waals surface area (Å²) < 4.78 is 0. The first-order valence-electron chi connectivity index (χ1n) is 7.34. The molecule has 2 atom stereocenters. The largest absolute Gasteiger partial charge is 0.309 e. The van der Waals surface area contributed by atoms with Crippen LogP contribution in [0.3, 0.4) is 0 Å². The van der Waals surface area contributed by atoms with E-state index >= 15 is 0 Å².